The van der Waals surface area contributed by atoms with E-state index in [9.17, 15) is 10.2 Å². The monoisotopic (exact) mass is 566 g/mol. The molecule has 0 saturated heterocycles. The van der Waals surface area contributed by atoms with Gasteiger partial charge in [0, 0.05) is 0 Å². The summed E-state index contributed by atoms with van der Waals surface area (Å²) in [4.78, 5) is 0. The minimum absolute atomic E-state index is 0.258. The number of aryl methyl sites for hydroxylation is 4. The highest BCUT2D eigenvalue weighted by Crippen LogP contribution is 2.27. The summed E-state index contributed by atoms with van der Waals surface area (Å²) in [5, 5.41) is 19.3. The third-order valence-corrected chi connectivity index (χ3v) is 6.76. The lowest BCUT2D eigenvalue weighted by Gasteiger charge is -2.09. The van der Waals surface area contributed by atoms with Crippen LogP contribution < -0.4 is 4.74 Å². The van der Waals surface area contributed by atoms with E-state index in [2.05, 4.69) is 56.1 Å². The predicted molar refractivity (Wildman–Crippen MR) is 139 cm³/mol. The number of aromatic hydroxyl groups is 2. The maximum absolute atomic E-state index is 9.65. The Morgan fingerprint density at radius 3 is 1.55 bits per heavy atom. The predicted octanol–water partition coefficient (Wildman–Crippen LogP) is 7.99. The van der Waals surface area contributed by atoms with Gasteiger partial charge < -0.3 is 14.9 Å². The summed E-state index contributed by atoms with van der Waals surface area (Å²) in [5.41, 5.74) is 4.78. The molecule has 3 nitrogen and oxygen atoms in total. The summed E-state index contributed by atoms with van der Waals surface area (Å²) in [5.74, 6) is 2.15. The van der Waals surface area contributed by atoms with Crippen molar-refractivity contribution in [2.24, 2.45) is 0 Å². The second kappa shape index (κ2) is 10.9. The van der Waals surface area contributed by atoms with E-state index in [1.807, 2.05) is 48.5 Å². The zero-order valence-electron chi connectivity index (χ0n) is 18.0. The van der Waals surface area contributed by atoms with Crippen LogP contribution in [-0.4, -0.2) is 10.2 Å². The normalized spacial score (nSPS) is 10.8. The van der Waals surface area contributed by atoms with Gasteiger partial charge in [-0.1, -0.05) is 36.4 Å². The maximum Gasteiger partial charge on any atom is 0.129 e. The van der Waals surface area contributed by atoms with Gasteiger partial charge in [-0.15, -0.1) is 0 Å². The first-order valence-corrected chi connectivity index (χ1v) is 12.4. The Balaban J connectivity index is 1.33. The average molecular weight is 568 g/mol. The number of rotatable bonds is 8. The van der Waals surface area contributed by atoms with Crippen molar-refractivity contribution in [3.8, 4) is 23.0 Å². The molecule has 0 unspecified atom stereocenters. The molecule has 0 bridgehead atoms. The zero-order valence-corrected chi connectivity index (χ0v) is 21.1. The molecule has 0 aliphatic heterocycles. The van der Waals surface area contributed by atoms with Crippen LogP contribution in [0.1, 0.15) is 22.3 Å². The smallest absolute Gasteiger partial charge is 0.129 e. The van der Waals surface area contributed by atoms with Gasteiger partial charge in [0.05, 0.1) is 8.95 Å². The van der Waals surface area contributed by atoms with Crippen LogP contribution in [0.3, 0.4) is 0 Å². The fourth-order valence-electron chi connectivity index (χ4n) is 3.61. The van der Waals surface area contributed by atoms with Crippen LogP contribution in [0.25, 0.3) is 0 Å². The molecule has 4 aromatic rings. The van der Waals surface area contributed by atoms with Crippen molar-refractivity contribution in [2.45, 2.75) is 25.7 Å². The molecule has 5 heteroatoms. The van der Waals surface area contributed by atoms with Crippen LogP contribution in [0.5, 0.6) is 23.0 Å². The SMILES string of the molecule is Oc1ccc(CCc2ccc(Oc3cccc(CCc4ccc(O)c(Br)c4)c3)cc2)cc1Br. The van der Waals surface area contributed by atoms with Crippen LogP contribution in [0.2, 0.25) is 0 Å². The topological polar surface area (TPSA) is 49.7 Å². The molecular weight excluding hydrogens is 544 g/mol. The van der Waals surface area contributed by atoms with E-state index in [0.717, 1.165) is 46.1 Å². The molecule has 0 aliphatic rings. The van der Waals surface area contributed by atoms with Gasteiger partial charge in [-0.25, -0.2) is 0 Å². The summed E-state index contributed by atoms with van der Waals surface area (Å²) < 4.78 is 7.52. The molecule has 2 N–H and O–H groups in total. The molecule has 0 aromatic heterocycles. The molecular formula is C28H24Br2O3. The van der Waals surface area contributed by atoms with Gasteiger partial charge in [-0.3, -0.25) is 0 Å². The van der Waals surface area contributed by atoms with E-state index in [1.165, 1.54) is 22.3 Å². The summed E-state index contributed by atoms with van der Waals surface area (Å²) in [6, 6.07) is 27.6. The van der Waals surface area contributed by atoms with Crippen molar-refractivity contribution in [1.82, 2.24) is 0 Å². The molecule has 0 fully saturated rings. The molecule has 0 atom stereocenters. The molecule has 0 amide bonds. The first-order chi connectivity index (χ1) is 16.0. The number of hydrogen-bond acceptors (Lipinski definition) is 3. The number of halogens is 2. The second-order valence-corrected chi connectivity index (χ2v) is 9.67. The van der Waals surface area contributed by atoms with Crippen molar-refractivity contribution in [2.75, 3.05) is 0 Å². The summed E-state index contributed by atoms with van der Waals surface area (Å²) in [7, 11) is 0. The zero-order chi connectivity index (χ0) is 23.2. The highest BCUT2D eigenvalue weighted by atomic mass is 79.9. The Bertz CT molecular complexity index is 1240. The summed E-state index contributed by atoms with van der Waals surface area (Å²) >= 11 is 6.74. The van der Waals surface area contributed by atoms with E-state index in [1.54, 1.807) is 12.1 Å². The Morgan fingerprint density at radius 2 is 1.00 bits per heavy atom. The van der Waals surface area contributed by atoms with Crippen LogP contribution in [0, 0.1) is 0 Å². The fourth-order valence-corrected chi connectivity index (χ4v) is 4.47. The van der Waals surface area contributed by atoms with E-state index in [0.29, 0.717) is 0 Å². The standard InChI is InChI=1S/C28H24Br2O3/c29-25-17-21(10-14-27(25)31)5-4-19-8-12-23(13-9-19)33-24-3-1-2-20(16-24)6-7-22-11-15-28(32)26(30)18-22/h1-3,8-18,31-32H,4-7H2. The van der Waals surface area contributed by atoms with Crippen LogP contribution in [0.4, 0.5) is 0 Å². The van der Waals surface area contributed by atoms with Crippen molar-refractivity contribution in [1.29, 1.82) is 0 Å². The maximum atomic E-state index is 9.65. The highest BCUT2D eigenvalue weighted by Gasteiger charge is 2.04. The lowest BCUT2D eigenvalue weighted by atomic mass is 10.0. The van der Waals surface area contributed by atoms with Crippen LogP contribution in [-0.2, 0) is 25.7 Å². The quantitative estimate of drug-likeness (QED) is 0.227. The van der Waals surface area contributed by atoms with Gasteiger partial charge in [-0.05, 0) is 128 Å². The lowest BCUT2D eigenvalue weighted by Crippen LogP contribution is -1.93. The van der Waals surface area contributed by atoms with Crippen molar-refractivity contribution in [3.63, 3.8) is 0 Å². The van der Waals surface area contributed by atoms with Gasteiger partial charge in [0.1, 0.15) is 23.0 Å². The van der Waals surface area contributed by atoms with E-state index < -0.39 is 0 Å². The molecule has 33 heavy (non-hydrogen) atoms. The second-order valence-electron chi connectivity index (χ2n) is 7.96. The molecule has 4 aromatic carbocycles. The molecule has 0 aliphatic carbocycles. The van der Waals surface area contributed by atoms with E-state index >= 15 is 0 Å². The van der Waals surface area contributed by atoms with Crippen LogP contribution >= 0.6 is 31.9 Å². The lowest BCUT2D eigenvalue weighted by molar-refractivity contribution is 0.471. The first-order valence-electron chi connectivity index (χ1n) is 10.8. The Hall–Kier alpha value is -2.76. The third kappa shape index (κ3) is 6.62. The highest BCUT2D eigenvalue weighted by molar-refractivity contribution is 9.10. The average Bonchev–Trinajstić information content (AvgIpc) is 2.82. The number of phenolic OH excluding ortho intramolecular Hbond substituents is 2. The van der Waals surface area contributed by atoms with Gasteiger partial charge in [-0.2, -0.15) is 0 Å². The Labute approximate surface area is 210 Å². The molecule has 0 radical (unpaired) electrons. The first kappa shape index (κ1) is 23.4. The minimum atomic E-state index is 0.258. The number of hydrogen-bond donors (Lipinski definition) is 2. The van der Waals surface area contributed by atoms with Crippen molar-refractivity contribution in [3.05, 3.63) is 116 Å². The number of benzene rings is 4. The van der Waals surface area contributed by atoms with Crippen molar-refractivity contribution >= 4 is 31.9 Å². The molecule has 0 spiro atoms. The van der Waals surface area contributed by atoms with Gasteiger partial charge >= 0.3 is 0 Å². The summed E-state index contributed by atoms with van der Waals surface area (Å²) in [6.07, 6.45) is 3.59. The van der Waals surface area contributed by atoms with Gasteiger partial charge in [0.2, 0.25) is 0 Å². The fraction of sp³-hybridized carbons (Fsp3) is 0.143. The van der Waals surface area contributed by atoms with Crippen LogP contribution in [0.15, 0.2) is 93.9 Å². The van der Waals surface area contributed by atoms with Gasteiger partial charge in [0.15, 0.2) is 0 Å². The van der Waals surface area contributed by atoms with Crippen molar-refractivity contribution < 1.29 is 14.9 Å². The minimum Gasteiger partial charge on any atom is -0.507 e. The molecule has 0 saturated carbocycles. The molecule has 0 heterocycles. The molecule has 168 valence electrons. The summed E-state index contributed by atoms with van der Waals surface area (Å²) in [6.45, 7) is 0. The number of phenols is 2. The number of ether oxygens (including phenoxy) is 1. The molecule has 4 rings (SSSR count). The Kier molecular flexibility index (Phi) is 7.73. The van der Waals surface area contributed by atoms with Gasteiger partial charge in [0.25, 0.3) is 0 Å². The largest absolute Gasteiger partial charge is 0.507 e. The third-order valence-electron chi connectivity index (χ3n) is 5.49. The Morgan fingerprint density at radius 1 is 0.515 bits per heavy atom. The van der Waals surface area contributed by atoms with E-state index in [4.69, 9.17) is 4.74 Å². The van der Waals surface area contributed by atoms with E-state index in [-0.39, 0.29) is 11.5 Å².